The van der Waals surface area contributed by atoms with Gasteiger partial charge >= 0.3 is 0 Å². The Morgan fingerprint density at radius 2 is 1.67 bits per heavy atom. The van der Waals surface area contributed by atoms with Crippen LogP contribution in [0.3, 0.4) is 0 Å². The fourth-order valence-corrected chi connectivity index (χ4v) is 2.94. The van der Waals surface area contributed by atoms with Gasteiger partial charge in [0.1, 0.15) is 11.9 Å². The Balaban J connectivity index is 2.27. The van der Waals surface area contributed by atoms with Gasteiger partial charge in [0.15, 0.2) is 0 Å². The smallest absolute Gasteiger partial charge is 0.207 e. The minimum absolute atomic E-state index is 0.135. The van der Waals surface area contributed by atoms with E-state index in [1.165, 1.54) is 36.4 Å². The molecule has 1 atom stereocenters. The summed E-state index contributed by atoms with van der Waals surface area (Å²) in [6.45, 7) is 1.87. The zero-order chi connectivity index (χ0) is 15.5. The van der Waals surface area contributed by atoms with Crippen LogP contribution in [0.25, 0.3) is 0 Å². The van der Waals surface area contributed by atoms with Crippen molar-refractivity contribution >= 4 is 10.0 Å². The molecule has 0 heterocycles. The van der Waals surface area contributed by atoms with E-state index >= 15 is 0 Å². The summed E-state index contributed by atoms with van der Waals surface area (Å²) in [6, 6.07) is 11.0. The molecule has 1 N–H and O–H groups in total. The van der Waals surface area contributed by atoms with Crippen LogP contribution < -0.4 is 4.72 Å². The molecular formula is C16H14FNO2S. The quantitative estimate of drug-likeness (QED) is 0.883. The Morgan fingerprint density at radius 3 is 2.19 bits per heavy atom. The molecule has 0 aromatic heterocycles. The average molecular weight is 303 g/mol. The SMILES string of the molecule is C#CC(NS(=O)(=O)c1ccc(C)cc1)c1ccc(F)cc1. The zero-order valence-electron chi connectivity index (χ0n) is 11.4. The first-order chi connectivity index (χ1) is 9.92. The van der Waals surface area contributed by atoms with Gasteiger partial charge in [-0.15, -0.1) is 6.42 Å². The summed E-state index contributed by atoms with van der Waals surface area (Å²) >= 11 is 0. The van der Waals surface area contributed by atoms with Crippen molar-refractivity contribution in [3.63, 3.8) is 0 Å². The summed E-state index contributed by atoms with van der Waals surface area (Å²) in [5.41, 5.74) is 1.47. The Kier molecular flexibility index (Phi) is 4.41. The molecule has 1 unspecified atom stereocenters. The number of benzene rings is 2. The third kappa shape index (κ3) is 3.69. The number of rotatable bonds is 4. The van der Waals surface area contributed by atoms with Crippen LogP contribution in [0, 0.1) is 25.1 Å². The summed E-state index contributed by atoms with van der Waals surface area (Å²) in [6.07, 6.45) is 5.38. The van der Waals surface area contributed by atoms with Gasteiger partial charge in [0.25, 0.3) is 0 Å². The largest absolute Gasteiger partial charge is 0.241 e. The van der Waals surface area contributed by atoms with Gasteiger partial charge in [0.05, 0.1) is 4.90 Å². The van der Waals surface area contributed by atoms with E-state index < -0.39 is 21.9 Å². The van der Waals surface area contributed by atoms with Crippen molar-refractivity contribution in [2.45, 2.75) is 17.9 Å². The number of terminal acetylenes is 1. The normalized spacial score (nSPS) is 12.6. The van der Waals surface area contributed by atoms with E-state index in [4.69, 9.17) is 6.42 Å². The standard InChI is InChI=1S/C16H14FNO2S/c1-3-16(13-6-8-14(17)9-7-13)18-21(19,20)15-10-4-12(2)5-11-15/h1,4-11,16,18H,2H3. The maximum atomic E-state index is 12.9. The zero-order valence-corrected chi connectivity index (χ0v) is 12.2. The number of hydrogen-bond acceptors (Lipinski definition) is 2. The molecule has 0 spiro atoms. The third-order valence-corrected chi connectivity index (χ3v) is 4.41. The van der Waals surface area contributed by atoms with Gasteiger partial charge in [-0.3, -0.25) is 0 Å². The molecule has 0 aliphatic rings. The lowest BCUT2D eigenvalue weighted by Gasteiger charge is -2.14. The van der Waals surface area contributed by atoms with Crippen molar-refractivity contribution < 1.29 is 12.8 Å². The maximum absolute atomic E-state index is 12.9. The molecule has 2 rings (SSSR count). The fourth-order valence-electron chi connectivity index (χ4n) is 1.79. The molecule has 2 aromatic carbocycles. The molecule has 5 heteroatoms. The lowest BCUT2D eigenvalue weighted by molar-refractivity contribution is 0.576. The molecule has 0 aliphatic carbocycles. The third-order valence-electron chi connectivity index (χ3n) is 2.97. The van der Waals surface area contributed by atoms with E-state index in [1.54, 1.807) is 12.1 Å². The first-order valence-electron chi connectivity index (χ1n) is 6.23. The second-order valence-corrected chi connectivity index (χ2v) is 6.30. The minimum Gasteiger partial charge on any atom is -0.207 e. The monoisotopic (exact) mass is 303 g/mol. The van der Waals surface area contributed by atoms with E-state index in [-0.39, 0.29) is 4.90 Å². The molecule has 0 radical (unpaired) electrons. The summed E-state index contributed by atoms with van der Waals surface area (Å²) in [7, 11) is -3.73. The van der Waals surface area contributed by atoms with Crippen molar-refractivity contribution in [3.8, 4) is 12.3 Å². The molecule has 0 saturated carbocycles. The summed E-state index contributed by atoms with van der Waals surface area (Å²) < 4.78 is 39.9. The highest BCUT2D eigenvalue weighted by Crippen LogP contribution is 2.17. The predicted octanol–water partition coefficient (Wildman–Crippen LogP) is 2.79. The van der Waals surface area contributed by atoms with Crippen LogP contribution in [0.4, 0.5) is 4.39 Å². The molecule has 108 valence electrons. The number of aryl methyl sites for hydroxylation is 1. The number of sulfonamides is 1. The number of halogens is 1. The Bertz CT molecular complexity index is 759. The minimum atomic E-state index is -3.73. The van der Waals surface area contributed by atoms with E-state index in [2.05, 4.69) is 10.6 Å². The molecule has 3 nitrogen and oxygen atoms in total. The van der Waals surface area contributed by atoms with Gasteiger partial charge in [0, 0.05) is 0 Å². The van der Waals surface area contributed by atoms with Crippen LogP contribution in [0.15, 0.2) is 53.4 Å². The topological polar surface area (TPSA) is 46.2 Å². The lowest BCUT2D eigenvalue weighted by Crippen LogP contribution is -2.27. The molecule has 0 bridgehead atoms. The Labute approximate surface area is 123 Å². The highest BCUT2D eigenvalue weighted by atomic mass is 32.2. The van der Waals surface area contributed by atoms with Crippen LogP contribution in [0.1, 0.15) is 17.2 Å². The lowest BCUT2D eigenvalue weighted by atomic mass is 10.1. The van der Waals surface area contributed by atoms with E-state index in [0.717, 1.165) is 5.56 Å². The van der Waals surface area contributed by atoms with Crippen molar-refractivity contribution in [2.24, 2.45) is 0 Å². The molecule has 0 saturated heterocycles. The van der Waals surface area contributed by atoms with Crippen molar-refractivity contribution in [1.82, 2.24) is 4.72 Å². The maximum Gasteiger partial charge on any atom is 0.241 e. The van der Waals surface area contributed by atoms with Gasteiger partial charge in [-0.25, -0.2) is 12.8 Å². The molecule has 2 aromatic rings. The van der Waals surface area contributed by atoms with Crippen LogP contribution in [0.2, 0.25) is 0 Å². The van der Waals surface area contributed by atoms with Crippen LogP contribution >= 0.6 is 0 Å². The molecule has 0 amide bonds. The average Bonchev–Trinajstić information content (AvgIpc) is 2.46. The molecule has 0 aliphatic heterocycles. The van der Waals surface area contributed by atoms with Gasteiger partial charge in [-0.2, -0.15) is 4.72 Å². The molecule has 21 heavy (non-hydrogen) atoms. The van der Waals surface area contributed by atoms with Crippen LogP contribution in [-0.4, -0.2) is 8.42 Å². The summed E-state index contributed by atoms with van der Waals surface area (Å²) in [5.74, 6) is 1.96. The molecular weight excluding hydrogens is 289 g/mol. The summed E-state index contributed by atoms with van der Waals surface area (Å²) in [5, 5.41) is 0. The first-order valence-corrected chi connectivity index (χ1v) is 7.71. The highest BCUT2D eigenvalue weighted by molar-refractivity contribution is 7.89. The molecule has 0 fully saturated rings. The van der Waals surface area contributed by atoms with Gasteiger partial charge < -0.3 is 0 Å². The van der Waals surface area contributed by atoms with E-state index in [1.807, 2.05) is 6.92 Å². The number of hydrogen-bond donors (Lipinski definition) is 1. The second-order valence-electron chi connectivity index (χ2n) is 4.59. The van der Waals surface area contributed by atoms with Gasteiger partial charge in [-0.1, -0.05) is 35.7 Å². The van der Waals surface area contributed by atoms with E-state index in [9.17, 15) is 12.8 Å². The Hall–Kier alpha value is -2.16. The number of nitrogens with one attached hydrogen (secondary N) is 1. The summed E-state index contributed by atoms with van der Waals surface area (Å²) in [4.78, 5) is 0.135. The fraction of sp³-hybridized carbons (Fsp3) is 0.125. The van der Waals surface area contributed by atoms with Crippen LogP contribution in [0.5, 0.6) is 0 Å². The van der Waals surface area contributed by atoms with Crippen molar-refractivity contribution in [2.75, 3.05) is 0 Å². The van der Waals surface area contributed by atoms with Crippen molar-refractivity contribution in [1.29, 1.82) is 0 Å². The predicted molar refractivity (Wildman–Crippen MR) is 79.5 cm³/mol. The second kappa shape index (κ2) is 6.08. The Morgan fingerprint density at radius 1 is 1.10 bits per heavy atom. The highest BCUT2D eigenvalue weighted by Gasteiger charge is 2.19. The first kappa shape index (κ1) is 15.2. The van der Waals surface area contributed by atoms with Crippen LogP contribution in [-0.2, 0) is 10.0 Å². The van der Waals surface area contributed by atoms with E-state index in [0.29, 0.717) is 5.56 Å². The van der Waals surface area contributed by atoms with Crippen molar-refractivity contribution in [3.05, 3.63) is 65.5 Å². The van der Waals surface area contributed by atoms with Gasteiger partial charge in [-0.05, 0) is 36.8 Å². The van der Waals surface area contributed by atoms with Gasteiger partial charge in [0.2, 0.25) is 10.0 Å².